The van der Waals surface area contributed by atoms with Gasteiger partial charge < -0.3 is 14.9 Å². The molecule has 0 radical (unpaired) electrons. The minimum absolute atomic E-state index is 0.0281. The van der Waals surface area contributed by atoms with E-state index in [0.29, 0.717) is 5.56 Å². The average Bonchev–Trinajstić information content (AvgIpc) is 2.41. The maximum Gasteiger partial charge on any atom is 0.129 e. The highest BCUT2D eigenvalue weighted by Crippen LogP contribution is 2.25. The van der Waals surface area contributed by atoms with E-state index in [1.54, 1.807) is 18.2 Å². The molecular formula is C15H23FN2O. The third kappa shape index (κ3) is 3.75. The van der Waals surface area contributed by atoms with Gasteiger partial charge in [0.2, 0.25) is 0 Å². The Morgan fingerprint density at radius 1 is 1.21 bits per heavy atom. The first-order chi connectivity index (χ1) is 9.08. The molecule has 3 nitrogen and oxygen atoms in total. The highest BCUT2D eigenvalue weighted by atomic mass is 19.1. The number of hydrogen-bond donors (Lipinski definition) is 1. The predicted molar refractivity (Wildman–Crippen MR) is 74.5 cm³/mol. The summed E-state index contributed by atoms with van der Waals surface area (Å²) in [6.07, 6.45) is -0.735. The molecule has 4 heteroatoms. The van der Waals surface area contributed by atoms with Crippen LogP contribution >= 0.6 is 0 Å². The van der Waals surface area contributed by atoms with E-state index < -0.39 is 6.10 Å². The summed E-state index contributed by atoms with van der Waals surface area (Å²) in [5.74, 6) is -0.291. The van der Waals surface area contributed by atoms with E-state index in [9.17, 15) is 9.50 Å². The molecular weight excluding hydrogens is 243 g/mol. The van der Waals surface area contributed by atoms with Gasteiger partial charge in [0.25, 0.3) is 0 Å². The zero-order valence-electron chi connectivity index (χ0n) is 11.7. The van der Waals surface area contributed by atoms with Gasteiger partial charge in [0.05, 0.1) is 6.10 Å². The minimum Gasteiger partial charge on any atom is -0.388 e. The Kier molecular flexibility index (Phi) is 4.91. The Morgan fingerprint density at radius 3 is 2.47 bits per heavy atom. The molecule has 2 atom stereocenters. The van der Waals surface area contributed by atoms with Crippen molar-refractivity contribution in [3.63, 3.8) is 0 Å². The lowest BCUT2D eigenvalue weighted by Gasteiger charge is -2.35. The van der Waals surface area contributed by atoms with Gasteiger partial charge >= 0.3 is 0 Å². The highest BCUT2D eigenvalue weighted by Gasteiger charge is 2.23. The summed E-state index contributed by atoms with van der Waals surface area (Å²) in [6, 6.07) is 6.49. The van der Waals surface area contributed by atoms with Gasteiger partial charge in [0.15, 0.2) is 0 Å². The van der Waals surface area contributed by atoms with E-state index in [1.165, 1.54) is 6.07 Å². The first kappa shape index (κ1) is 14.4. The molecule has 0 amide bonds. The maximum absolute atomic E-state index is 13.6. The molecule has 1 N–H and O–H groups in total. The lowest BCUT2D eigenvalue weighted by Crippen LogP contribution is -2.46. The van der Waals surface area contributed by atoms with Crippen LogP contribution in [0.2, 0.25) is 0 Å². The molecule has 1 aliphatic rings. The largest absolute Gasteiger partial charge is 0.388 e. The van der Waals surface area contributed by atoms with Gasteiger partial charge in [-0.25, -0.2) is 4.39 Å². The Balaban J connectivity index is 1.92. The predicted octanol–water partition coefficient (Wildman–Crippen LogP) is 1.74. The number of nitrogens with zero attached hydrogens (tertiary/aromatic N) is 2. The van der Waals surface area contributed by atoms with E-state index in [2.05, 4.69) is 16.8 Å². The van der Waals surface area contributed by atoms with Crippen LogP contribution in [0.3, 0.4) is 0 Å². The third-order valence-electron chi connectivity index (χ3n) is 3.90. The van der Waals surface area contributed by atoms with Crippen molar-refractivity contribution in [2.75, 3.05) is 39.8 Å². The third-order valence-corrected chi connectivity index (χ3v) is 3.90. The monoisotopic (exact) mass is 266 g/mol. The molecule has 0 bridgehead atoms. The Bertz CT molecular complexity index is 405. The maximum atomic E-state index is 13.6. The SMILES string of the molecule is CC(CN1CCN(C)CC1)C(O)c1ccccc1F. The number of benzene rings is 1. The van der Waals surface area contributed by atoms with Crippen molar-refractivity contribution in [2.24, 2.45) is 5.92 Å². The Hall–Kier alpha value is -0.970. The van der Waals surface area contributed by atoms with Crippen molar-refractivity contribution in [1.29, 1.82) is 0 Å². The van der Waals surface area contributed by atoms with Gasteiger partial charge in [-0.05, 0) is 19.0 Å². The molecule has 19 heavy (non-hydrogen) atoms. The van der Waals surface area contributed by atoms with Gasteiger partial charge in [0.1, 0.15) is 5.82 Å². The van der Waals surface area contributed by atoms with E-state index in [0.717, 1.165) is 32.7 Å². The first-order valence-electron chi connectivity index (χ1n) is 6.91. The zero-order valence-corrected chi connectivity index (χ0v) is 11.7. The molecule has 1 aliphatic heterocycles. The molecule has 0 spiro atoms. The summed E-state index contributed by atoms with van der Waals surface area (Å²) < 4.78 is 13.6. The lowest BCUT2D eigenvalue weighted by molar-refractivity contribution is 0.0678. The topological polar surface area (TPSA) is 26.7 Å². The average molecular weight is 266 g/mol. The number of halogens is 1. The number of aliphatic hydroxyl groups excluding tert-OH is 1. The molecule has 106 valence electrons. The fraction of sp³-hybridized carbons (Fsp3) is 0.600. The molecule has 0 saturated carbocycles. The summed E-state index contributed by atoms with van der Waals surface area (Å²) >= 11 is 0. The van der Waals surface area contributed by atoms with Crippen LogP contribution in [0.15, 0.2) is 24.3 Å². The number of piperazine rings is 1. The minimum atomic E-state index is -0.735. The van der Waals surface area contributed by atoms with Crippen LogP contribution in [0, 0.1) is 11.7 Å². The first-order valence-corrected chi connectivity index (χ1v) is 6.91. The second kappa shape index (κ2) is 6.46. The van der Waals surface area contributed by atoms with Crippen LogP contribution in [-0.2, 0) is 0 Å². The van der Waals surface area contributed by atoms with E-state index in [-0.39, 0.29) is 11.7 Å². The summed E-state index contributed by atoms with van der Waals surface area (Å²) in [7, 11) is 2.12. The van der Waals surface area contributed by atoms with E-state index >= 15 is 0 Å². The van der Waals surface area contributed by atoms with Crippen LogP contribution in [-0.4, -0.2) is 54.7 Å². The van der Waals surface area contributed by atoms with Crippen molar-refractivity contribution in [3.05, 3.63) is 35.6 Å². The van der Waals surface area contributed by atoms with E-state index in [4.69, 9.17) is 0 Å². The summed E-state index contributed by atoms with van der Waals surface area (Å²) in [4.78, 5) is 4.64. The molecule has 2 rings (SSSR count). The number of likely N-dealkylation sites (N-methyl/N-ethyl adjacent to an activating group) is 1. The molecule has 1 heterocycles. The quantitative estimate of drug-likeness (QED) is 0.899. The van der Waals surface area contributed by atoms with Crippen LogP contribution in [0.5, 0.6) is 0 Å². The normalized spacial score (nSPS) is 21.3. The summed E-state index contributed by atoms with van der Waals surface area (Å²) in [6.45, 7) is 6.94. The van der Waals surface area contributed by atoms with Gasteiger partial charge in [-0.3, -0.25) is 0 Å². The van der Waals surface area contributed by atoms with Crippen molar-refractivity contribution in [1.82, 2.24) is 9.80 Å². The van der Waals surface area contributed by atoms with Gasteiger partial charge in [0, 0.05) is 38.3 Å². The van der Waals surface area contributed by atoms with Crippen molar-refractivity contribution in [2.45, 2.75) is 13.0 Å². The highest BCUT2D eigenvalue weighted by molar-refractivity contribution is 5.20. The standard InChI is InChI=1S/C15H23FN2O/c1-12(11-18-9-7-17(2)8-10-18)15(19)13-5-3-4-6-14(13)16/h3-6,12,15,19H,7-11H2,1-2H3. The molecule has 0 aromatic heterocycles. The molecule has 0 aliphatic carbocycles. The van der Waals surface area contributed by atoms with Gasteiger partial charge in [-0.15, -0.1) is 0 Å². The summed E-state index contributed by atoms with van der Waals surface area (Å²) in [5.41, 5.74) is 0.407. The van der Waals surface area contributed by atoms with Gasteiger partial charge in [-0.1, -0.05) is 25.1 Å². The van der Waals surface area contributed by atoms with Crippen molar-refractivity contribution >= 4 is 0 Å². The Labute approximate surface area is 114 Å². The van der Waals surface area contributed by atoms with Crippen LogP contribution in [0.25, 0.3) is 0 Å². The molecule has 1 aromatic rings. The number of aliphatic hydroxyl groups is 1. The van der Waals surface area contributed by atoms with E-state index in [1.807, 2.05) is 6.92 Å². The van der Waals surface area contributed by atoms with Crippen LogP contribution in [0.1, 0.15) is 18.6 Å². The fourth-order valence-corrected chi connectivity index (χ4v) is 2.56. The van der Waals surface area contributed by atoms with Crippen LogP contribution in [0.4, 0.5) is 4.39 Å². The number of rotatable bonds is 4. The molecule has 2 unspecified atom stereocenters. The zero-order chi connectivity index (χ0) is 13.8. The van der Waals surface area contributed by atoms with Gasteiger partial charge in [-0.2, -0.15) is 0 Å². The molecule has 1 aromatic carbocycles. The fourth-order valence-electron chi connectivity index (χ4n) is 2.56. The lowest BCUT2D eigenvalue weighted by atomic mass is 9.96. The van der Waals surface area contributed by atoms with Crippen LogP contribution < -0.4 is 0 Å². The van der Waals surface area contributed by atoms with Crippen molar-refractivity contribution < 1.29 is 9.50 Å². The summed E-state index contributed by atoms with van der Waals surface area (Å²) in [5, 5.41) is 10.3. The second-order valence-corrected chi connectivity index (χ2v) is 5.55. The number of hydrogen-bond acceptors (Lipinski definition) is 3. The van der Waals surface area contributed by atoms with Crippen molar-refractivity contribution in [3.8, 4) is 0 Å². The Morgan fingerprint density at radius 2 is 1.84 bits per heavy atom. The second-order valence-electron chi connectivity index (χ2n) is 5.55. The molecule has 1 fully saturated rings. The molecule has 1 saturated heterocycles. The smallest absolute Gasteiger partial charge is 0.129 e.